The molecule has 0 radical (unpaired) electrons. The van der Waals surface area contributed by atoms with Gasteiger partial charge in [-0.1, -0.05) is 6.92 Å². The van der Waals surface area contributed by atoms with Crippen molar-refractivity contribution in [2.75, 3.05) is 32.1 Å². The van der Waals surface area contributed by atoms with E-state index in [2.05, 4.69) is 48.8 Å². The van der Waals surface area contributed by atoms with E-state index in [0.717, 1.165) is 24.5 Å². The van der Waals surface area contributed by atoms with Crippen LogP contribution in [0.4, 0.5) is 5.82 Å². The molecule has 0 aliphatic carbocycles. The molecule has 3 nitrogen and oxygen atoms in total. The number of pyridine rings is 1. The molecule has 2 unspecified atom stereocenters. The summed E-state index contributed by atoms with van der Waals surface area (Å²) in [7, 11) is 4.31. The lowest BCUT2D eigenvalue weighted by Crippen LogP contribution is -2.34. The maximum Gasteiger partial charge on any atom is 0.131 e. The molecule has 0 N–H and O–H groups in total. The molecule has 2 atom stereocenters. The predicted octanol–water partition coefficient (Wildman–Crippen LogP) is 2.52. The first kappa shape index (κ1) is 13.6. The fourth-order valence-corrected chi connectivity index (χ4v) is 2.97. The highest BCUT2D eigenvalue weighted by Crippen LogP contribution is 2.27. The Morgan fingerprint density at radius 3 is 2.67 bits per heavy atom. The predicted molar refractivity (Wildman–Crippen MR) is 77.4 cm³/mol. The summed E-state index contributed by atoms with van der Waals surface area (Å²) in [6, 6.07) is 2.75. The van der Waals surface area contributed by atoms with Crippen LogP contribution in [-0.4, -0.2) is 43.1 Å². The van der Waals surface area contributed by atoms with Gasteiger partial charge in [0.2, 0.25) is 0 Å². The van der Waals surface area contributed by atoms with Crippen molar-refractivity contribution in [1.82, 2.24) is 9.88 Å². The maximum atomic E-state index is 5.84. The number of halogens is 1. The van der Waals surface area contributed by atoms with E-state index in [1.807, 2.05) is 6.20 Å². The summed E-state index contributed by atoms with van der Waals surface area (Å²) in [5.74, 6) is 2.32. The molecule has 18 heavy (non-hydrogen) atoms. The van der Waals surface area contributed by atoms with Crippen LogP contribution in [0.3, 0.4) is 0 Å². The Hall–Kier alpha value is -0.800. The summed E-state index contributed by atoms with van der Waals surface area (Å²) in [4.78, 5) is 9.29. The summed E-state index contributed by atoms with van der Waals surface area (Å²) >= 11 is 5.84. The highest BCUT2D eigenvalue weighted by molar-refractivity contribution is 6.17. The minimum Gasteiger partial charge on any atom is -0.354 e. The van der Waals surface area contributed by atoms with Crippen molar-refractivity contribution < 1.29 is 0 Å². The van der Waals surface area contributed by atoms with Gasteiger partial charge in [-0.25, -0.2) is 4.98 Å². The van der Waals surface area contributed by atoms with Crippen molar-refractivity contribution >= 4 is 17.4 Å². The lowest BCUT2D eigenvalue weighted by molar-refractivity contribution is 0.266. The van der Waals surface area contributed by atoms with E-state index in [0.29, 0.717) is 17.8 Å². The Kier molecular flexibility index (Phi) is 4.13. The van der Waals surface area contributed by atoms with Crippen molar-refractivity contribution in [2.45, 2.75) is 25.8 Å². The van der Waals surface area contributed by atoms with Gasteiger partial charge in [0.1, 0.15) is 5.82 Å². The molecule has 0 bridgehead atoms. The van der Waals surface area contributed by atoms with E-state index < -0.39 is 0 Å². The highest BCUT2D eigenvalue weighted by Gasteiger charge is 2.32. The Morgan fingerprint density at radius 2 is 2.17 bits per heavy atom. The van der Waals surface area contributed by atoms with Crippen molar-refractivity contribution in [3.05, 3.63) is 23.4 Å². The van der Waals surface area contributed by atoms with Crippen molar-refractivity contribution in [3.8, 4) is 0 Å². The zero-order valence-corrected chi connectivity index (χ0v) is 12.4. The van der Waals surface area contributed by atoms with Gasteiger partial charge in [-0.15, -0.1) is 11.6 Å². The number of hydrogen-bond acceptors (Lipinski definition) is 3. The number of likely N-dealkylation sites (N-methyl/N-ethyl adjacent to an activating group) is 1. The number of nitrogens with zero attached hydrogens (tertiary/aromatic N) is 3. The highest BCUT2D eigenvalue weighted by atomic mass is 35.5. The number of rotatable bonds is 3. The Morgan fingerprint density at radius 1 is 1.44 bits per heavy atom. The number of anilines is 1. The quantitative estimate of drug-likeness (QED) is 0.785. The number of hydrogen-bond donors (Lipinski definition) is 0. The minimum atomic E-state index is 0.533. The molecule has 0 spiro atoms. The minimum absolute atomic E-state index is 0.533. The first-order valence-corrected chi connectivity index (χ1v) is 6.99. The van der Waals surface area contributed by atoms with Crippen LogP contribution < -0.4 is 4.90 Å². The van der Waals surface area contributed by atoms with Gasteiger partial charge in [0.25, 0.3) is 0 Å². The third-order valence-corrected chi connectivity index (χ3v) is 4.11. The van der Waals surface area contributed by atoms with Crippen LogP contribution in [0.2, 0.25) is 0 Å². The normalized spacial score (nSPS) is 24.0. The average molecular weight is 268 g/mol. The van der Waals surface area contributed by atoms with E-state index in [1.165, 1.54) is 5.56 Å². The lowest BCUT2D eigenvalue weighted by atomic mass is 10.1. The molecule has 1 fully saturated rings. The van der Waals surface area contributed by atoms with Crippen molar-refractivity contribution in [2.24, 2.45) is 5.92 Å². The molecular formula is C14H22ClN3. The number of alkyl halides is 1. The molecule has 1 aromatic rings. The van der Waals surface area contributed by atoms with Crippen LogP contribution in [0.25, 0.3) is 0 Å². The molecule has 2 rings (SSSR count). The number of aromatic nitrogens is 1. The largest absolute Gasteiger partial charge is 0.354 e. The SMILES string of the molecule is Cc1cc(CCl)cnc1N1CC(C)C(N(C)C)C1. The molecule has 0 saturated carbocycles. The first-order chi connectivity index (χ1) is 8.52. The van der Waals surface area contributed by atoms with Gasteiger partial charge in [-0.3, -0.25) is 0 Å². The molecular weight excluding hydrogens is 246 g/mol. The second-order valence-electron chi connectivity index (χ2n) is 5.53. The molecule has 4 heteroatoms. The smallest absolute Gasteiger partial charge is 0.131 e. The van der Waals surface area contributed by atoms with Crippen molar-refractivity contribution in [3.63, 3.8) is 0 Å². The summed E-state index contributed by atoms with van der Waals surface area (Å²) in [6.07, 6.45) is 1.89. The fourth-order valence-electron chi connectivity index (χ4n) is 2.82. The summed E-state index contributed by atoms with van der Waals surface area (Å²) in [6.45, 7) is 6.57. The standard InChI is InChI=1S/C14H22ClN3/c1-10-5-12(6-15)7-16-14(10)18-8-11(2)13(9-18)17(3)4/h5,7,11,13H,6,8-9H2,1-4H3. The maximum absolute atomic E-state index is 5.84. The van der Waals surface area contributed by atoms with Gasteiger partial charge in [0, 0.05) is 31.2 Å². The monoisotopic (exact) mass is 267 g/mol. The first-order valence-electron chi connectivity index (χ1n) is 6.45. The molecule has 1 saturated heterocycles. The summed E-state index contributed by atoms with van der Waals surface area (Å²) in [5.41, 5.74) is 2.31. The Labute approximate surface area is 115 Å². The van der Waals surface area contributed by atoms with E-state index in [9.17, 15) is 0 Å². The van der Waals surface area contributed by atoms with E-state index in [1.54, 1.807) is 0 Å². The second kappa shape index (κ2) is 5.45. The van der Waals surface area contributed by atoms with Gasteiger partial charge in [-0.05, 0) is 44.1 Å². The van der Waals surface area contributed by atoms with E-state index in [4.69, 9.17) is 11.6 Å². The van der Waals surface area contributed by atoms with Crippen LogP contribution in [0.5, 0.6) is 0 Å². The van der Waals surface area contributed by atoms with E-state index >= 15 is 0 Å². The van der Waals surface area contributed by atoms with Crippen LogP contribution in [-0.2, 0) is 5.88 Å². The second-order valence-corrected chi connectivity index (χ2v) is 5.80. The molecule has 1 aliphatic heterocycles. The summed E-state index contributed by atoms with van der Waals surface area (Å²) < 4.78 is 0. The third-order valence-electron chi connectivity index (χ3n) is 3.80. The van der Waals surface area contributed by atoms with Gasteiger partial charge < -0.3 is 9.80 Å². The molecule has 100 valence electrons. The molecule has 0 amide bonds. The Bertz CT molecular complexity index is 420. The topological polar surface area (TPSA) is 19.4 Å². The number of aryl methyl sites for hydroxylation is 1. The van der Waals surface area contributed by atoms with Crippen LogP contribution in [0, 0.1) is 12.8 Å². The van der Waals surface area contributed by atoms with Gasteiger partial charge in [-0.2, -0.15) is 0 Å². The zero-order chi connectivity index (χ0) is 13.3. The van der Waals surface area contributed by atoms with Crippen LogP contribution in [0.1, 0.15) is 18.1 Å². The fraction of sp³-hybridized carbons (Fsp3) is 0.643. The summed E-state index contributed by atoms with van der Waals surface area (Å²) in [5, 5.41) is 0. The molecule has 1 aliphatic rings. The molecule has 0 aromatic carbocycles. The van der Waals surface area contributed by atoms with Crippen LogP contribution in [0.15, 0.2) is 12.3 Å². The third kappa shape index (κ3) is 2.62. The average Bonchev–Trinajstić information content (AvgIpc) is 2.71. The van der Waals surface area contributed by atoms with Gasteiger partial charge in [0.05, 0.1) is 0 Å². The molecule has 1 aromatic heterocycles. The molecule has 2 heterocycles. The van der Waals surface area contributed by atoms with Crippen molar-refractivity contribution in [1.29, 1.82) is 0 Å². The van der Waals surface area contributed by atoms with E-state index in [-0.39, 0.29) is 0 Å². The van der Waals surface area contributed by atoms with Gasteiger partial charge >= 0.3 is 0 Å². The van der Waals surface area contributed by atoms with Crippen LogP contribution >= 0.6 is 11.6 Å². The lowest BCUT2D eigenvalue weighted by Gasteiger charge is -2.23. The zero-order valence-electron chi connectivity index (χ0n) is 11.7. The Balaban J connectivity index is 2.18. The van der Waals surface area contributed by atoms with Gasteiger partial charge in [0.15, 0.2) is 0 Å².